The molecule has 9 heteroatoms. The van der Waals surface area contributed by atoms with Crippen molar-refractivity contribution in [3.8, 4) is 23.8 Å². The second-order valence-corrected chi connectivity index (χ2v) is 11.4. The molecule has 1 aromatic heterocycles. The fourth-order valence-electron chi connectivity index (χ4n) is 7.08. The Morgan fingerprint density at radius 1 is 1.19 bits per heavy atom. The van der Waals surface area contributed by atoms with Gasteiger partial charge in [-0.2, -0.15) is 15.5 Å². The van der Waals surface area contributed by atoms with Gasteiger partial charge in [-0.15, -0.1) is 0 Å². The summed E-state index contributed by atoms with van der Waals surface area (Å²) in [6.45, 7) is 5.80. The van der Waals surface area contributed by atoms with Gasteiger partial charge in [-0.25, -0.2) is 4.98 Å². The van der Waals surface area contributed by atoms with Gasteiger partial charge < -0.3 is 14.8 Å². The number of aryl methyl sites for hydroxylation is 2. The van der Waals surface area contributed by atoms with Gasteiger partial charge in [-0.1, -0.05) is 0 Å². The molecule has 3 atom stereocenters. The maximum atomic E-state index is 13.7. The number of ether oxygens (including phenoxy) is 2. The van der Waals surface area contributed by atoms with Crippen molar-refractivity contribution in [2.75, 3.05) is 5.32 Å². The van der Waals surface area contributed by atoms with Crippen molar-refractivity contribution in [2.45, 2.75) is 76.3 Å². The minimum Gasteiger partial charge on any atom is -0.438 e. The van der Waals surface area contributed by atoms with E-state index < -0.39 is 5.72 Å². The number of aromatic nitrogens is 2. The number of anilines is 1. The maximum absolute atomic E-state index is 13.7. The number of amides is 1. The average molecular weight is 495 g/mol. The van der Waals surface area contributed by atoms with Crippen molar-refractivity contribution in [3.63, 3.8) is 0 Å². The molecule has 2 aromatic rings. The summed E-state index contributed by atoms with van der Waals surface area (Å²) in [4.78, 5) is 25.0. The van der Waals surface area contributed by atoms with Crippen molar-refractivity contribution in [3.05, 3.63) is 46.2 Å². The highest BCUT2D eigenvalue weighted by molar-refractivity contribution is 5.99. The van der Waals surface area contributed by atoms with Gasteiger partial charge in [0.2, 0.25) is 11.8 Å². The van der Waals surface area contributed by atoms with Crippen LogP contribution >= 0.6 is 0 Å². The normalized spacial score (nSPS) is 33.9. The second-order valence-electron chi connectivity index (χ2n) is 11.4. The number of carbonyl (C=O) groups excluding carboxylic acids is 1. The molecule has 6 aliphatic rings. The van der Waals surface area contributed by atoms with Crippen LogP contribution in [0.5, 0.6) is 11.6 Å². The summed E-state index contributed by atoms with van der Waals surface area (Å²) in [5.41, 5.74) is 2.14. The van der Waals surface area contributed by atoms with Gasteiger partial charge in [0.25, 0.3) is 5.91 Å². The highest BCUT2D eigenvalue weighted by atomic mass is 16.6. The summed E-state index contributed by atoms with van der Waals surface area (Å²) in [6, 6.07) is 8.38. The predicted octanol–water partition coefficient (Wildman–Crippen LogP) is 4.47. The van der Waals surface area contributed by atoms with Crippen LogP contribution in [0.15, 0.2) is 18.2 Å². The third-order valence-corrected chi connectivity index (χ3v) is 8.79. The number of fused-ring (bicyclic) bond motifs is 5. The minimum absolute atomic E-state index is 0.0189. The van der Waals surface area contributed by atoms with E-state index in [0.29, 0.717) is 28.8 Å². The lowest BCUT2D eigenvalue weighted by Gasteiger charge is -2.66. The smallest absolute Gasteiger partial charge is 0.276 e. The number of allylic oxidation sites excluding steroid dienone is 1. The van der Waals surface area contributed by atoms with Crippen molar-refractivity contribution in [2.24, 2.45) is 5.41 Å². The molecule has 0 spiro atoms. The number of carbonyl (C=O) groups is 1. The fourth-order valence-corrected chi connectivity index (χ4v) is 7.08. The van der Waals surface area contributed by atoms with Crippen LogP contribution in [0.4, 0.5) is 5.95 Å². The monoisotopic (exact) mass is 494 g/mol. The SMILES string of the molecule is Cc1cc(/C=C/C#N)cc(C)c1Oc1nc(NC23CC(C#N)(C2)C3)nc2c1[C@@]1(C)O[C@H]3CC[C@H]3N1C2=O. The zero-order valence-electron chi connectivity index (χ0n) is 21.0. The highest BCUT2D eigenvalue weighted by Gasteiger charge is 2.69. The Hall–Kier alpha value is -3.95. The molecule has 37 heavy (non-hydrogen) atoms. The molecule has 1 aromatic carbocycles. The Balaban J connectivity index is 1.31. The van der Waals surface area contributed by atoms with E-state index in [-0.39, 0.29) is 29.0 Å². The van der Waals surface area contributed by atoms with Gasteiger partial charge in [-0.05, 0) is 87.8 Å². The van der Waals surface area contributed by atoms with Crippen LogP contribution in [0.3, 0.4) is 0 Å². The van der Waals surface area contributed by atoms with Crippen molar-refractivity contribution < 1.29 is 14.3 Å². The van der Waals surface area contributed by atoms with Crippen LogP contribution < -0.4 is 10.1 Å². The molecule has 2 aliphatic heterocycles. The second kappa shape index (κ2) is 7.08. The summed E-state index contributed by atoms with van der Waals surface area (Å²) in [5, 5.41) is 21.7. The summed E-state index contributed by atoms with van der Waals surface area (Å²) >= 11 is 0. The lowest BCUT2D eigenvalue weighted by atomic mass is 9.40. The van der Waals surface area contributed by atoms with Gasteiger partial charge in [0.05, 0.1) is 35.3 Å². The molecule has 186 valence electrons. The van der Waals surface area contributed by atoms with Crippen LogP contribution in [0.2, 0.25) is 0 Å². The molecule has 1 saturated heterocycles. The Bertz CT molecular complexity index is 1470. The van der Waals surface area contributed by atoms with Crippen LogP contribution in [-0.2, 0) is 10.5 Å². The summed E-state index contributed by atoms with van der Waals surface area (Å²) in [7, 11) is 0. The molecule has 8 rings (SSSR count). The first-order chi connectivity index (χ1) is 17.7. The van der Waals surface area contributed by atoms with E-state index in [2.05, 4.69) is 16.4 Å². The number of hydrogen-bond donors (Lipinski definition) is 1. The topological polar surface area (TPSA) is 124 Å². The first kappa shape index (κ1) is 22.3. The lowest BCUT2D eigenvalue weighted by Crippen LogP contribution is -2.70. The predicted molar refractivity (Wildman–Crippen MR) is 132 cm³/mol. The molecular formula is C28H26N6O3. The third kappa shape index (κ3) is 2.89. The van der Waals surface area contributed by atoms with Crippen molar-refractivity contribution in [1.29, 1.82) is 10.5 Å². The molecule has 2 bridgehead atoms. The zero-order chi connectivity index (χ0) is 25.7. The molecule has 3 heterocycles. The molecule has 9 nitrogen and oxygen atoms in total. The van der Waals surface area contributed by atoms with Gasteiger partial charge in [0.15, 0.2) is 5.72 Å². The van der Waals surface area contributed by atoms with Gasteiger partial charge in [0, 0.05) is 11.6 Å². The van der Waals surface area contributed by atoms with Gasteiger partial charge in [-0.3, -0.25) is 9.69 Å². The number of hydrogen-bond acceptors (Lipinski definition) is 8. The minimum atomic E-state index is -0.982. The van der Waals surface area contributed by atoms with E-state index >= 15 is 0 Å². The van der Waals surface area contributed by atoms with Crippen molar-refractivity contribution >= 4 is 17.9 Å². The quantitative estimate of drug-likeness (QED) is 0.604. The molecule has 0 radical (unpaired) electrons. The molecule has 5 fully saturated rings. The molecule has 4 saturated carbocycles. The Labute approximate surface area is 214 Å². The van der Waals surface area contributed by atoms with Crippen LogP contribution in [0, 0.1) is 41.9 Å². The zero-order valence-corrected chi connectivity index (χ0v) is 21.0. The number of nitrogens with zero attached hydrogens (tertiary/aromatic N) is 5. The summed E-state index contributed by atoms with van der Waals surface area (Å²) < 4.78 is 13.0. The molecule has 0 unspecified atom stereocenters. The van der Waals surface area contributed by atoms with Crippen LogP contribution in [-0.4, -0.2) is 38.5 Å². The van der Waals surface area contributed by atoms with Gasteiger partial charge >= 0.3 is 0 Å². The summed E-state index contributed by atoms with van der Waals surface area (Å²) in [6.07, 6.45) is 7.32. The first-order valence-electron chi connectivity index (χ1n) is 12.7. The van der Waals surface area contributed by atoms with E-state index in [9.17, 15) is 10.1 Å². The number of nitrogens with one attached hydrogen (secondary N) is 1. The van der Waals surface area contributed by atoms with E-state index in [0.717, 1.165) is 48.8 Å². The van der Waals surface area contributed by atoms with Gasteiger partial charge in [0.1, 0.15) is 11.4 Å². The molecular weight excluding hydrogens is 468 g/mol. The standard InChI is InChI=1S/C28H26N6O3/c1-15-9-17(5-4-8-29)10-16(2)22(15)36-23-20-21(24(35)34-18-6-7-19(18)37-26(20,34)3)31-25(32-23)33-28-11-27(12-28,13-28)14-30/h4-5,9-10,18-19H,6-7,11-13H2,1-3H3,(H,31,32,33)/b5-4+/t18-,19+,26-,27?,28?/m1/s1. The lowest BCUT2D eigenvalue weighted by molar-refractivity contribution is -0.0794. The number of benzene rings is 1. The van der Waals surface area contributed by atoms with E-state index in [4.69, 9.17) is 19.7 Å². The summed E-state index contributed by atoms with van der Waals surface area (Å²) in [5.74, 6) is 1.13. The number of nitriles is 2. The van der Waals surface area contributed by atoms with Crippen molar-refractivity contribution in [1.82, 2.24) is 14.9 Å². The van der Waals surface area contributed by atoms with E-state index in [1.807, 2.05) is 43.9 Å². The van der Waals surface area contributed by atoms with Crippen LogP contribution in [0.1, 0.15) is 71.8 Å². The molecule has 4 aliphatic carbocycles. The Morgan fingerprint density at radius 2 is 1.92 bits per heavy atom. The molecule has 1 N–H and O–H groups in total. The highest BCUT2D eigenvalue weighted by Crippen LogP contribution is 2.68. The van der Waals surface area contributed by atoms with E-state index in [1.165, 1.54) is 6.08 Å². The third-order valence-electron chi connectivity index (χ3n) is 8.79. The molecule has 1 amide bonds. The van der Waals surface area contributed by atoms with E-state index in [1.54, 1.807) is 6.08 Å². The largest absolute Gasteiger partial charge is 0.438 e. The fraction of sp³-hybridized carbons (Fsp3) is 0.464. The Morgan fingerprint density at radius 3 is 2.54 bits per heavy atom. The maximum Gasteiger partial charge on any atom is 0.276 e. The average Bonchev–Trinajstić information content (AvgIpc) is 3.14. The number of rotatable bonds is 5. The Kier molecular flexibility index (Phi) is 4.26. The van der Waals surface area contributed by atoms with Crippen LogP contribution in [0.25, 0.3) is 6.08 Å². The first-order valence-corrected chi connectivity index (χ1v) is 12.7.